The molecule has 0 heterocycles. The van der Waals surface area contributed by atoms with E-state index in [2.05, 4.69) is 11.8 Å². The summed E-state index contributed by atoms with van der Waals surface area (Å²) in [5.74, 6) is 5.42. The van der Waals surface area contributed by atoms with Crippen LogP contribution in [0.3, 0.4) is 0 Å². The van der Waals surface area contributed by atoms with Gasteiger partial charge in [0.15, 0.2) is 6.10 Å². The number of ether oxygens (including phenoxy) is 2. The third-order valence-corrected chi connectivity index (χ3v) is 3.43. The molecule has 0 aliphatic carbocycles. The molecule has 0 aliphatic heterocycles. The molecule has 1 atom stereocenters. The van der Waals surface area contributed by atoms with E-state index in [1.54, 1.807) is 6.92 Å². The molecule has 0 aromatic rings. The molecular weight excluding hydrogens is 292 g/mol. The monoisotopic (exact) mass is 324 g/mol. The molecule has 0 N–H and O–H groups in total. The van der Waals surface area contributed by atoms with E-state index in [4.69, 9.17) is 9.47 Å². The van der Waals surface area contributed by atoms with Crippen molar-refractivity contribution in [2.24, 2.45) is 0 Å². The summed E-state index contributed by atoms with van der Waals surface area (Å²) in [6.45, 7) is 6.22. The van der Waals surface area contributed by atoms with Gasteiger partial charge >= 0.3 is 11.9 Å². The van der Waals surface area contributed by atoms with Gasteiger partial charge in [-0.1, -0.05) is 45.5 Å². The highest BCUT2D eigenvalue weighted by Gasteiger charge is 2.09. The topological polar surface area (TPSA) is 52.6 Å². The van der Waals surface area contributed by atoms with E-state index in [0.29, 0.717) is 19.4 Å². The lowest BCUT2D eigenvalue weighted by Gasteiger charge is -2.10. The lowest BCUT2D eigenvalue weighted by molar-refractivity contribution is -0.147. The summed E-state index contributed by atoms with van der Waals surface area (Å²) in [6, 6.07) is 0. The van der Waals surface area contributed by atoms with Gasteiger partial charge in [-0.05, 0) is 32.6 Å². The Hall–Kier alpha value is -1.50. The maximum Gasteiger partial charge on any atom is 0.307 e. The van der Waals surface area contributed by atoms with Crippen LogP contribution in [0, 0.1) is 11.8 Å². The maximum atomic E-state index is 11.6. The van der Waals surface area contributed by atoms with Gasteiger partial charge in [0, 0.05) is 12.8 Å². The quantitative estimate of drug-likeness (QED) is 0.286. The Morgan fingerprint density at radius 3 is 2.00 bits per heavy atom. The van der Waals surface area contributed by atoms with E-state index in [9.17, 15) is 9.59 Å². The van der Waals surface area contributed by atoms with E-state index < -0.39 is 0 Å². The fraction of sp³-hybridized carbons (Fsp3) is 0.789. The normalized spacial score (nSPS) is 11.3. The molecular formula is C19H32O4. The molecule has 0 aromatic heterocycles. The van der Waals surface area contributed by atoms with Crippen molar-refractivity contribution >= 4 is 11.9 Å². The van der Waals surface area contributed by atoms with E-state index in [1.807, 2.05) is 13.8 Å². The molecule has 0 saturated carbocycles. The highest BCUT2D eigenvalue weighted by atomic mass is 16.5. The Labute approximate surface area is 141 Å². The number of hydrogen-bond donors (Lipinski definition) is 0. The molecule has 0 rings (SSSR count). The van der Waals surface area contributed by atoms with Crippen LogP contribution < -0.4 is 0 Å². The van der Waals surface area contributed by atoms with Crippen LogP contribution in [-0.2, 0) is 19.1 Å². The molecule has 4 heteroatoms. The third kappa shape index (κ3) is 13.9. The predicted molar refractivity (Wildman–Crippen MR) is 91.8 cm³/mol. The third-order valence-electron chi connectivity index (χ3n) is 3.43. The van der Waals surface area contributed by atoms with Gasteiger partial charge in [-0.2, -0.15) is 0 Å². The van der Waals surface area contributed by atoms with Gasteiger partial charge in [0.05, 0.1) is 6.61 Å². The van der Waals surface area contributed by atoms with Gasteiger partial charge in [0.2, 0.25) is 0 Å². The van der Waals surface area contributed by atoms with Crippen molar-refractivity contribution in [3.63, 3.8) is 0 Å². The Morgan fingerprint density at radius 1 is 0.913 bits per heavy atom. The number of hydrogen-bond acceptors (Lipinski definition) is 4. The zero-order chi connectivity index (χ0) is 17.3. The Morgan fingerprint density at radius 2 is 1.48 bits per heavy atom. The minimum absolute atomic E-state index is 0.0877. The highest BCUT2D eigenvalue weighted by molar-refractivity contribution is 5.69. The average molecular weight is 324 g/mol. The van der Waals surface area contributed by atoms with E-state index in [1.165, 1.54) is 0 Å². The van der Waals surface area contributed by atoms with Crippen molar-refractivity contribution in [3.8, 4) is 11.8 Å². The van der Waals surface area contributed by atoms with Crippen molar-refractivity contribution in [3.05, 3.63) is 0 Å². The first-order valence-electron chi connectivity index (χ1n) is 8.91. The number of carbonyl (C=O) groups is 2. The SMILES string of the molecule is CC#CC(CC)OC(=O)CCCCCCCCC(=O)OCCC. The lowest BCUT2D eigenvalue weighted by Crippen LogP contribution is -2.15. The van der Waals surface area contributed by atoms with Crippen molar-refractivity contribution in [2.75, 3.05) is 6.61 Å². The van der Waals surface area contributed by atoms with Gasteiger partial charge in [0.25, 0.3) is 0 Å². The Bertz CT molecular complexity index is 379. The zero-order valence-corrected chi connectivity index (χ0v) is 15.0. The van der Waals surface area contributed by atoms with Crippen molar-refractivity contribution < 1.29 is 19.1 Å². The largest absolute Gasteiger partial charge is 0.466 e. The van der Waals surface area contributed by atoms with Gasteiger partial charge < -0.3 is 9.47 Å². The first-order chi connectivity index (χ1) is 11.1. The van der Waals surface area contributed by atoms with Crippen LogP contribution in [0.15, 0.2) is 0 Å². The van der Waals surface area contributed by atoms with Gasteiger partial charge in [-0.3, -0.25) is 9.59 Å². The predicted octanol–water partition coefficient (Wildman–Crippen LogP) is 4.41. The lowest BCUT2D eigenvalue weighted by atomic mass is 10.1. The summed E-state index contributed by atoms with van der Waals surface area (Å²) >= 11 is 0. The summed E-state index contributed by atoms with van der Waals surface area (Å²) in [7, 11) is 0. The molecule has 1 unspecified atom stereocenters. The van der Waals surface area contributed by atoms with E-state index in [0.717, 1.165) is 51.4 Å². The average Bonchev–Trinajstić information content (AvgIpc) is 2.54. The molecule has 0 bridgehead atoms. The van der Waals surface area contributed by atoms with Crippen LogP contribution in [0.1, 0.15) is 85.0 Å². The van der Waals surface area contributed by atoms with Crippen molar-refractivity contribution in [1.82, 2.24) is 0 Å². The standard InChI is InChI=1S/C19H32O4/c1-4-13-17(6-3)23-19(21)15-12-10-8-7-9-11-14-18(20)22-16-5-2/h17H,5-12,14-16H2,1-3H3. The molecule has 4 nitrogen and oxygen atoms in total. The van der Waals surface area contributed by atoms with Crippen LogP contribution in [0.25, 0.3) is 0 Å². The molecule has 0 aromatic carbocycles. The fourth-order valence-corrected chi connectivity index (χ4v) is 2.13. The second-order valence-corrected chi connectivity index (χ2v) is 5.62. The van der Waals surface area contributed by atoms with Crippen LogP contribution >= 0.6 is 0 Å². The van der Waals surface area contributed by atoms with Gasteiger partial charge in [-0.25, -0.2) is 0 Å². The molecule has 0 radical (unpaired) electrons. The van der Waals surface area contributed by atoms with E-state index in [-0.39, 0.29) is 18.0 Å². The smallest absolute Gasteiger partial charge is 0.307 e. The first kappa shape index (κ1) is 21.5. The van der Waals surface area contributed by atoms with Crippen LogP contribution in [0.4, 0.5) is 0 Å². The van der Waals surface area contributed by atoms with Crippen LogP contribution in [0.2, 0.25) is 0 Å². The first-order valence-corrected chi connectivity index (χ1v) is 8.91. The molecule has 0 fully saturated rings. The summed E-state index contributed by atoms with van der Waals surface area (Å²) in [6.07, 6.45) is 8.30. The number of carbonyl (C=O) groups excluding carboxylic acids is 2. The summed E-state index contributed by atoms with van der Waals surface area (Å²) in [4.78, 5) is 22.9. The maximum absolute atomic E-state index is 11.6. The Balaban J connectivity index is 3.46. The molecule has 0 amide bonds. The summed E-state index contributed by atoms with van der Waals surface area (Å²) < 4.78 is 10.3. The van der Waals surface area contributed by atoms with Crippen LogP contribution in [0.5, 0.6) is 0 Å². The minimum Gasteiger partial charge on any atom is -0.466 e. The molecule has 0 spiro atoms. The molecule has 23 heavy (non-hydrogen) atoms. The summed E-state index contributed by atoms with van der Waals surface area (Å²) in [5, 5.41) is 0. The second-order valence-electron chi connectivity index (χ2n) is 5.62. The number of esters is 2. The highest BCUT2D eigenvalue weighted by Crippen LogP contribution is 2.10. The van der Waals surface area contributed by atoms with Gasteiger partial charge in [-0.15, -0.1) is 5.92 Å². The Kier molecular flexibility index (Phi) is 14.4. The number of unbranched alkanes of at least 4 members (excludes halogenated alkanes) is 5. The molecule has 132 valence electrons. The molecule has 0 aliphatic rings. The van der Waals surface area contributed by atoms with Gasteiger partial charge in [0.1, 0.15) is 0 Å². The second kappa shape index (κ2) is 15.4. The van der Waals surface area contributed by atoms with Crippen molar-refractivity contribution in [1.29, 1.82) is 0 Å². The minimum atomic E-state index is -0.264. The van der Waals surface area contributed by atoms with Crippen LogP contribution in [-0.4, -0.2) is 24.6 Å². The fourth-order valence-electron chi connectivity index (χ4n) is 2.13. The summed E-state index contributed by atoms with van der Waals surface area (Å²) in [5.41, 5.74) is 0. The molecule has 0 saturated heterocycles. The van der Waals surface area contributed by atoms with Crippen molar-refractivity contribution in [2.45, 2.75) is 91.1 Å². The van der Waals surface area contributed by atoms with E-state index >= 15 is 0 Å². The zero-order valence-electron chi connectivity index (χ0n) is 15.0. The number of rotatable bonds is 13.